The van der Waals surface area contributed by atoms with Crippen molar-refractivity contribution in [3.8, 4) is 5.75 Å². The number of halogens is 4. The Labute approximate surface area is 234 Å². The van der Waals surface area contributed by atoms with E-state index in [4.69, 9.17) is 16.3 Å². The number of anilines is 2. The smallest absolute Gasteiger partial charge is 0.412 e. The SMILES string of the molecule is CCn1cc(S(=O)(=O)N2CC(CC(C)(C)NC(C)=O)Oc3ccc(N(C(=O)O)C(C)(C)C(F)(F)F)cc32)c(Cl)n1. The molecular formula is C24H31ClF3N5O6S. The van der Waals surface area contributed by atoms with Gasteiger partial charge in [0.1, 0.15) is 22.3 Å². The minimum Gasteiger partial charge on any atom is -0.486 e. The van der Waals surface area contributed by atoms with Crippen molar-refractivity contribution in [1.82, 2.24) is 15.1 Å². The van der Waals surface area contributed by atoms with Crippen LogP contribution in [-0.4, -0.2) is 65.2 Å². The number of nitrogens with one attached hydrogen (secondary N) is 1. The number of alkyl halides is 3. The Morgan fingerprint density at radius 1 is 1.25 bits per heavy atom. The molecule has 0 fully saturated rings. The maximum atomic E-state index is 13.9. The van der Waals surface area contributed by atoms with E-state index in [0.717, 1.165) is 16.4 Å². The molecule has 2 N–H and O–H groups in total. The van der Waals surface area contributed by atoms with Gasteiger partial charge in [-0.3, -0.25) is 18.7 Å². The molecule has 0 spiro atoms. The molecule has 0 aliphatic carbocycles. The van der Waals surface area contributed by atoms with Crippen LogP contribution in [0.2, 0.25) is 5.15 Å². The molecule has 1 aliphatic rings. The number of aryl methyl sites for hydroxylation is 1. The van der Waals surface area contributed by atoms with Crippen LogP contribution in [0.4, 0.5) is 29.3 Å². The van der Waals surface area contributed by atoms with E-state index in [1.807, 2.05) is 0 Å². The summed E-state index contributed by atoms with van der Waals surface area (Å²) < 4.78 is 77.6. The standard InChI is InChI=1S/C24H31ClF3N5O6S/c1-7-31-13-19(20(25)30-31)40(37,38)32-12-16(11-22(3,4)29-14(2)34)39-18-9-8-15(10-17(18)32)33(21(35)36)23(5,6)24(26,27)28/h8-10,13,16H,7,11-12H2,1-6H3,(H,29,34)(H,35,36). The molecule has 1 unspecified atom stereocenters. The molecule has 16 heteroatoms. The summed E-state index contributed by atoms with van der Waals surface area (Å²) in [5, 5.41) is 16.2. The summed E-state index contributed by atoms with van der Waals surface area (Å²) in [7, 11) is -4.47. The van der Waals surface area contributed by atoms with Gasteiger partial charge in [0.05, 0.1) is 17.9 Å². The molecule has 1 aromatic heterocycles. The van der Waals surface area contributed by atoms with Crippen molar-refractivity contribution in [3.05, 3.63) is 29.5 Å². The molecule has 40 heavy (non-hydrogen) atoms. The normalized spacial score (nSPS) is 16.2. The van der Waals surface area contributed by atoms with Crippen LogP contribution in [0.1, 0.15) is 48.0 Å². The van der Waals surface area contributed by atoms with E-state index in [0.29, 0.717) is 20.4 Å². The highest BCUT2D eigenvalue weighted by atomic mass is 35.5. The monoisotopic (exact) mass is 609 g/mol. The fourth-order valence-electron chi connectivity index (χ4n) is 4.50. The van der Waals surface area contributed by atoms with Gasteiger partial charge < -0.3 is 15.2 Å². The lowest BCUT2D eigenvalue weighted by molar-refractivity contribution is -0.175. The molecule has 2 heterocycles. The zero-order valence-corrected chi connectivity index (χ0v) is 24.3. The number of amides is 2. The van der Waals surface area contributed by atoms with E-state index >= 15 is 0 Å². The topological polar surface area (TPSA) is 134 Å². The Hall–Kier alpha value is -3.20. The first-order valence-corrected chi connectivity index (χ1v) is 14.0. The van der Waals surface area contributed by atoms with E-state index in [1.54, 1.807) is 20.8 Å². The van der Waals surface area contributed by atoms with Crippen LogP contribution >= 0.6 is 11.6 Å². The minimum atomic E-state index is -4.95. The van der Waals surface area contributed by atoms with Crippen molar-refractivity contribution in [1.29, 1.82) is 0 Å². The van der Waals surface area contributed by atoms with Crippen molar-refractivity contribution < 1.29 is 41.0 Å². The molecule has 0 radical (unpaired) electrons. The lowest BCUT2D eigenvalue weighted by Crippen LogP contribution is -2.57. The van der Waals surface area contributed by atoms with Crippen molar-refractivity contribution in [2.75, 3.05) is 15.7 Å². The van der Waals surface area contributed by atoms with E-state index in [-0.39, 0.29) is 45.3 Å². The Morgan fingerprint density at radius 3 is 2.38 bits per heavy atom. The van der Waals surface area contributed by atoms with Crippen molar-refractivity contribution in [3.63, 3.8) is 0 Å². The summed E-state index contributed by atoms with van der Waals surface area (Å²) in [4.78, 5) is 23.5. The van der Waals surface area contributed by atoms with Gasteiger partial charge in [-0.1, -0.05) is 11.6 Å². The highest BCUT2D eigenvalue weighted by Gasteiger charge is 2.54. The van der Waals surface area contributed by atoms with E-state index in [9.17, 15) is 36.3 Å². The second kappa shape index (κ2) is 10.7. The van der Waals surface area contributed by atoms with E-state index in [2.05, 4.69) is 10.4 Å². The summed E-state index contributed by atoms with van der Waals surface area (Å²) in [5.74, 6) is -0.327. The number of fused-ring (bicyclic) bond motifs is 1. The second-order valence-electron chi connectivity index (χ2n) is 10.5. The minimum absolute atomic E-state index is 0.0173. The number of rotatable bonds is 8. The summed E-state index contributed by atoms with van der Waals surface area (Å²) in [6.45, 7) is 7.90. The van der Waals surface area contributed by atoms with Crippen LogP contribution in [-0.2, 0) is 21.4 Å². The lowest BCUT2D eigenvalue weighted by atomic mass is 9.95. The van der Waals surface area contributed by atoms with Crippen molar-refractivity contribution in [2.45, 2.75) is 82.8 Å². The summed E-state index contributed by atoms with van der Waals surface area (Å²) in [5.41, 5.74) is -4.28. The molecule has 1 aliphatic heterocycles. The molecule has 0 saturated carbocycles. The Bertz CT molecular complexity index is 1410. The first-order valence-electron chi connectivity index (χ1n) is 12.2. The second-order valence-corrected chi connectivity index (χ2v) is 12.7. The zero-order chi connectivity index (χ0) is 30.4. The molecule has 1 aromatic carbocycles. The predicted octanol–water partition coefficient (Wildman–Crippen LogP) is 4.64. The maximum Gasteiger partial charge on any atom is 0.412 e. The fraction of sp³-hybridized carbons (Fsp3) is 0.542. The van der Waals surface area contributed by atoms with Crippen LogP contribution in [0.25, 0.3) is 0 Å². The number of carbonyl (C=O) groups is 2. The zero-order valence-electron chi connectivity index (χ0n) is 22.7. The average molecular weight is 610 g/mol. The van der Waals surface area contributed by atoms with Gasteiger partial charge in [-0.25, -0.2) is 13.2 Å². The van der Waals surface area contributed by atoms with Gasteiger partial charge in [-0.2, -0.15) is 18.3 Å². The van der Waals surface area contributed by atoms with E-state index < -0.39 is 45.2 Å². The van der Waals surface area contributed by atoms with Gasteiger partial charge >= 0.3 is 12.3 Å². The molecular weight excluding hydrogens is 579 g/mol. The highest BCUT2D eigenvalue weighted by Crippen LogP contribution is 2.44. The lowest BCUT2D eigenvalue weighted by Gasteiger charge is -2.40. The van der Waals surface area contributed by atoms with E-state index in [1.165, 1.54) is 23.9 Å². The Morgan fingerprint density at radius 2 is 1.88 bits per heavy atom. The fourth-order valence-corrected chi connectivity index (χ4v) is 6.45. The van der Waals surface area contributed by atoms with Crippen LogP contribution in [0.3, 0.4) is 0 Å². The molecule has 0 bridgehead atoms. The first-order chi connectivity index (χ1) is 18.2. The number of sulfonamides is 1. The summed E-state index contributed by atoms with van der Waals surface area (Å²) in [6.07, 6.45) is -6.27. The summed E-state index contributed by atoms with van der Waals surface area (Å²) >= 11 is 6.16. The number of carbonyl (C=O) groups excluding carboxylic acids is 1. The highest BCUT2D eigenvalue weighted by molar-refractivity contribution is 7.93. The number of aromatic nitrogens is 2. The number of hydrogen-bond acceptors (Lipinski definition) is 6. The molecule has 2 amide bonds. The first kappa shape index (κ1) is 31.3. The average Bonchev–Trinajstić information content (AvgIpc) is 3.18. The van der Waals surface area contributed by atoms with Gasteiger partial charge in [0, 0.05) is 31.6 Å². The van der Waals surface area contributed by atoms with Crippen molar-refractivity contribution in [2.24, 2.45) is 0 Å². The van der Waals surface area contributed by atoms with Crippen LogP contribution < -0.4 is 19.3 Å². The Balaban J connectivity index is 2.19. The number of ether oxygens (including phenoxy) is 1. The van der Waals surface area contributed by atoms with Crippen LogP contribution in [0.5, 0.6) is 5.75 Å². The predicted molar refractivity (Wildman–Crippen MR) is 141 cm³/mol. The molecule has 0 saturated heterocycles. The number of hydrogen-bond donors (Lipinski definition) is 2. The molecule has 2 aromatic rings. The summed E-state index contributed by atoms with van der Waals surface area (Å²) in [6, 6.07) is 3.33. The van der Waals surface area contributed by atoms with Gasteiger partial charge in [-0.05, 0) is 52.8 Å². The van der Waals surface area contributed by atoms with Crippen molar-refractivity contribution >= 4 is 45.0 Å². The van der Waals surface area contributed by atoms with Gasteiger partial charge in [0.25, 0.3) is 10.0 Å². The van der Waals surface area contributed by atoms with Gasteiger partial charge in [0.2, 0.25) is 5.91 Å². The molecule has 11 nitrogen and oxygen atoms in total. The largest absolute Gasteiger partial charge is 0.486 e. The third-order valence-corrected chi connectivity index (χ3v) is 8.58. The third-order valence-electron chi connectivity index (χ3n) is 6.41. The molecule has 3 rings (SSSR count). The van der Waals surface area contributed by atoms with Gasteiger partial charge in [-0.15, -0.1) is 0 Å². The molecule has 1 atom stereocenters. The van der Waals surface area contributed by atoms with Gasteiger partial charge in [0.15, 0.2) is 5.15 Å². The number of nitrogens with zero attached hydrogens (tertiary/aromatic N) is 4. The number of benzene rings is 1. The molecule has 222 valence electrons. The maximum absolute atomic E-state index is 13.9. The Kier molecular flexibility index (Phi) is 8.34. The van der Waals surface area contributed by atoms with Crippen LogP contribution in [0, 0.1) is 0 Å². The quantitative estimate of drug-likeness (QED) is 0.445. The third kappa shape index (κ3) is 6.09. The number of carboxylic acid groups (broad SMARTS) is 1. The van der Waals surface area contributed by atoms with Crippen LogP contribution in [0.15, 0.2) is 29.3 Å².